The van der Waals surface area contributed by atoms with Crippen molar-refractivity contribution < 1.29 is 29.0 Å². The van der Waals surface area contributed by atoms with E-state index in [0.29, 0.717) is 0 Å². The van der Waals surface area contributed by atoms with Crippen molar-refractivity contribution in [1.29, 1.82) is 0 Å². The van der Waals surface area contributed by atoms with Crippen molar-refractivity contribution in [2.75, 3.05) is 6.61 Å². The molecule has 170 valence electrons. The summed E-state index contributed by atoms with van der Waals surface area (Å²) in [5.41, 5.74) is 3.66. The summed E-state index contributed by atoms with van der Waals surface area (Å²) >= 11 is 0. The van der Waals surface area contributed by atoms with E-state index in [-0.39, 0.29) is 18.9 Å². The summed E-state index contributed by atoms with van der Waals surface area (Å²) in [6.45, 7) is 6.86. The third-order valence-electron chi connectivity index (χ3n) is 5.36. The molecule has 0 saturated carbocycles. The minimum Gasteiger partial charge on any atom is -0.480 e. The fraction of sp³-hybridized carbons (Fsp3) is 0.400. The van der Waals surface area contributed by atoms with Crippen LogP contribution >= 0.6 is 0 Å². The molecule has 0 heterocycles. The first-order valence-electron chi connectivity index (χ1n) is 10.6. The Hall–Kier alpha value is -3.35. The summed E-state index contributed by atoms with van der Waals surface area (Å²) in [5.74, 6) is -2.57. The van der Waals surface area contributed by atoms with Gasteiger partial charge in [0.1, 0.15) is 18.2 Å². The molecule has 2 aromatic rings. The van der Waals surface area contributed by atoms with Crippen molar-refractivity contribution >= 4 is 18.0 Å². The molecule has 0 radical (unpaired) electrons. The van der Waals surface area contributed by atoms with E-state index in [1.54, 1.807) is 27.7 Å². The summed E-state index contributed by atoms with van der Waals surface area (Å²) in [6.07, 6.45) is -0.979. The topological polar surface area (TPSA) is 102 Å². The highest BCUT2D eigenvalue weighted by molar-refractivity contribution is 5.82. The second kappa shape index (κ2) is 9.42. The van der Waals surface area contributed by atoms with Gasteiger partial charge in [-0.05, 0) is 48.9 Å². The van der Waals surface area contributed by atoms with Gasteiger partial charge in [0, 0.05) is 5.92 Å². The number of hydrogen-bond donors (Lipinski definition) is 2. The van der Waals surface area contributed by atoms with Crippen LogP contribution in [0.25, 0.3) is 11.1 Å². The highest BCUT2D eigenvalue weighted by atomic mass is 16.6. The number of carbonyl (C=O) groups excluding carboxylic acids is 2. The average molecular weight is 440 g/mol. The fourth-order valence-electron chi connectivity index (χ4n) is 3.98. The molecule has 0 aromatic heterocycles. The van der Waals surface area contributed by atoms with Crippen molar-refractivity contribution in [3.63, 3.8) is 0 Å². The molecule has 7 nitrogen and oxygen atoms in total. The van der Waals surface area contributed by atoms with Gasteiger partial charge < -0.3 is 19.9 Å². The first-order chi connectivity index (χ1) is 15.1. The Morgan fingerprint density at radius 3 is 2.03 bits per heavy atom. The van der Waals surface area contributed by atoms with E-state index in [9.17, 15) is 19.5 Å². The molecule has 0 spiro atoms. The van der Waals surface area contributed by atoms with Crippen molar-refractivity contribution in [2.45, 2.75) is 51.7 Å². The number of alkyl carbamates (subject to hydrolysis) is 1. The second-order valence-electron chi connectivity index (χ2n) is 9.05. The summed E-state index contributed by atoms with van der Waals surface area (Å²) in [4.78, 5) is 36.2. The fourth-order valence-corrected chi connectivity index (χ4v) is 3.98. The Morgan fingerprint density at radius 1 is 1.00 bits per heavy atom. The zero-order valence-electron chi connectivity index (χ0n) is 18.8. The number of fused-ring (bicyclic) bond motifs is 3. The largest absolute Gasteiger partial charge is 0.480 e. The van der Waals surface area contributed by atoms with Crippen LogP contribution < -0.4 is 5.32 Å². The van der Waals surface area contributed by atoms with E-state index in [2.05, 4.69) is 5.32 Å². The van der Waals surface area contributed by atoms with Gasteiger partial charge in [-0.15, -0.1) is 0 Å². The number of rotatable bonds is 7. The Balaban J connectivity index is 1.63. The highest BCUT2D eigenvalue weighted by Crippen LogP contribution is 2.44. The Morgan fingerprint density at radius 2 is 1.53 bits per heavy atom. The maximum atomic E-state index is 12.4. The smallest absolute Gasteiger partial charge is 0.407 e. The van der Waals surface area contributed by atoms with Gasteiger partial charge in [-0.2, -0.15) is 0 Å². The summed E-state index contributed by atoms with van der Waals surface area (Å²) < 4.78 is 10.7. The minimum atomic E-state index is -1.28. The van der Waals surface area contributed by atoms with Crippen molar-refractivity contribution in [1.82, 2.24) is 5.32 Å². The lowest BCUT2D eigenvalue weighted by molar-refractivity contribution is -0.156. The van der Waals surface area contributed by atoms with Crippen molar-refractivity contribution in [3.05, 3.63) is 59.7 Å². The van der Waals surface area contributed by atoms with Gasteiger partial charge in [0.05, 0.1) is 6.42 Å². The maximum Gasteiger partial charge on any atom is 0.407 e. The summed E-state index contributed by atoms with van der Waals surface area (Å²) in [7, 11) is 0. The lowest BCUT2D eigenvalue weighted by Crippen LogP contribution is -2.46. The third kappa shape index (κ3) is 5.46. The van der Waals surface area contributed by atoms with Gasteiger partial charge in [0.2, 0.25) is 0 Å². The maximum absolute atomic E-state index is 12.4. The zero-order chi connectivity index (χ0) is 23.5. The molecular formula is C25H29NO6. The normalized spacial score (nSPS) is 14.6. The lowest BCUT2D eigenvalue weighted by atomic mass is 9.98. The highest BCUT2D eigenvalue weighted by Gasteiger charge is 2.32. The molecule has 0 unspecified atom stereocenters. The van der Waals surface area contributed by atoms with Gasteiger partial charge in [0.25, 0.3) is 0 Å². The monoisotopic (exact) mass is 439 g/mol. The number of nitrogens with one attached hydrogen (secondary N) is 1. The first-order valence-corrected chi connectivity index (χ1v) is 10.6. The third-order valence-corrected chi connectivity index (χ3v) is 5.36. The number of ether oxygens (including phenoxy) is 2. The minimum absolute atomic E-state index is 0.0760. The van der Waals surface area contributed by atoms with Crippen LogP contribution in [0.3, 0.4) is 0 Å². The summed E-state index contributed by atoms with van der Waals surface area (Å²) in [5, 5.41) is 11.9. The molecule has 1 amide bonds. The van der Waals surface area contributed by atoms with Crippen molar-refractivity contribution in [3.8, 4) is 11.1 Å². The number of amides is 1. The van der Waals surface area contributed by atoms with Crippen LogP contribution in [0.15, 0.2) is 48.5 Å². The van der Waals surface area contributed by atoms with E-state index in [1.165, 1.54) is 0 Å². The predicted molar refractivity (Wildman–Crippen MR) is 119 cm³/mol. The number of benzene rings is 2. The number of carbonyl (C=O) groups is 3. The number of hydrogen-bond acceptors (Lipinski definition) is 5. The quantitative estimate of drug-likeness (QED) is 0.622. The van der Waals surface area contributed by atoms with Crippen molar-refractivity contribution in [2.24, 2.45) is 5.92 Å². The molecule has 1 aliphatic rings. The van der Waals surface area contributed by atoms with E-state index in [0.717, 1.165) is 22.3 Å². The Labute approximate surface area is 187 Å². The van der Waals surface area contributed by atoms with Crippen LogP contribution in [0.1, 0.15) is 51.2 Å². The number of aliphatic carboxylic acids is 1. The summed E-state index contributed by atoms with van der Waals surface area (Å²) in [6, 6.07) is 14.6. The van der Waals surface area contributed by atoms with Gasteiger partial charge in [-0.25, -0.2) is 9.59 Å². The van der Waals surface area contributed by atoms with Gasteiger partial charge in [-0.3, -0.25) is 4.79 Å². The SMILES string of the molecule is C[C@@H](CC(=O)OC(C)(C)C)[C@H](NC(=O)OCC1c2ccccc2-c2ccccc21)C(=O)O. The molecule has 2 atom stereocenters. The molecule has 0 aliphatic heterocycles. The molecule has 2 aromatic carbocycles. The molecule has 0 bridgehead atoms. The van der Waals surface area contributed by atoms with E-state index in [4.69, 9.17) is 9.47 Å². The molecule has 32 heavy (non-hydrogen) atoms. The predicted octanol–water partition coefficient (Wildman–Crippen LogP) is 4.35. The van der Waals surface area contributed by atoms with Crippen LogP contribution in [0.2, 0.25) is 0 Å². The van der Waals surface area contributed by atoms with Crippen LogP contribution in [-0.2, 0) is 19.1 Å². The molecule has 1 aliphatic carbocycles. The molecule has 3 rings (SSSR count). The van der Waals surface area contributed by atoms with Gasteiger partial charge >= 0.3 is 18.0 Å². The van der Waals surface area contributed by atoms with Crippen LogP contribution in [0.4, 0.5) is 4.79 Å². The van der Waals surface area contributed by atoms with E-state index >= 15 is 0 Å². The first kappa shape index (κ1) is 23.3. The van der Waals surface area contributed by atoms with Crippen LogP contribution in [0.5, 0.6) is 0 Å². The molecular weight excluding hydrogens is 410 g/mol. The molecule has 2 N–H and O–H groups in total. The molecule has 0 saturated heterocycles. The van der Waals surface area contributed by atoms with E-state index in [1.807, 2.05) is 48.5 Å². The molecule has 7 heteroatoms. The average Bonchev–Trinajstić information content (AvgIpc) is 3.02. The standard InChI is InChI=1S/C25H29NO6/c1-15(13-21(27)32-25(2,3)4)22(23(28)29)26-24(30)31-14-20-18-11-7-5-9-16(18)17-10-6-8-12-19(17)20/h5-12,15,20,22H,13-14H2,1-4H3,(H,26,30)(H,28,29)/t15-,22-/m0/s1. The van der Waals surface area contributed by atoms with Gasteiger partial charge in [-0.1, -0.05) is 55.5 Å². The van der Waals surface area contributed by atoms with Gasteiger partial charge in [0.15, 0.2) is 0 Å². The van der Waals surface area contributed by atoms with Crippen LogP contribution in [-0.4, -0.2) is 41.4 Å². The Kier molecular flexibility index (Phi) is 6.87. The second-order valence-corrected chi connectivity index (χ2v) is 9.05. The molecule has 0 fully saturated rings. The number of carboxylic acid groups (broad SMARTS) is 1. The number of carboxylic acids is 1. The van der Waals surface area contributed by atoms with E-state index < -0.39 is 35.6 Å². The Bertz CT molecular complexity index is 964. The van der Waals surface area contributed by atoms with Crippen LogP contribution in [0, 0.1) is 5.92 Å². The zero-order valence-corrected chi connectivity index (χ0v) is 18.8. The lowest BCUT2D eigenvalue weighted by Gasteiger charge is -2.24. The number of esters is 1.